The van der Waals surface area contributed by atoms with Gasteiger partial charge in [0, 0.05) is 13.5 Å². The van der Waals surface area contributed by atoms with Crippen molar-refractivity contribution in [2.24, 2.45) is 0 Å². The average Bonchev–Trinajstić information content (AvgIpc) is 2.43. The third-order valence-corrected chi connectivity index (χ3v) is 3.29. The molecule has 0 amide bonds. The van der Waals surface area contributed by atoms with Gasteiger partial charge in [-0.2, -0.15) is 4.98 Å². The molecule has 0 radical (unpaired) electrons. The summed E-state index contributed by atoms with van der Waals surface area (Å²) in [4.78, 5) is 8.84. The first-order chi connectivity index (χ1) is 9.55. The van der Waals surface area contributed by atoms with Gasteiger partial charge in [-0.05, 0) is 31.5 Å². The lowest BCUT2D eigenvalue weighted by Crippen LogP contribution is -2.04. The molecule has 2 rings (SSSR count). The van der Waals surface area contributed by atoms with Crippen molar-refractivity contribution >= 4 is 17.4 Å². The number of ether oxygens (including phenoxy) is 1. The Kier molecular flexibility index (Phi) is 4.45. The molecule has 0 bridgehead atoms. The van der Waals surface area contributed by atoms with Crippen molar-refractivity contribution in [2.45, 2.75) is 27.2 Å². The Morgan fingerprint density at radius 1 is 1.25 bits per heavy atom. The van der Waals surface area contributed by atoms with Gasteiger partial charge in [0.25, 0.3) is 0 Å². The zero-order valence-electron chi connectivity index (χ0n) is 12.1. The van der Waals surface area contributed by atoms with Gasteiger partial charge in [-0.25, -0.2) is 4.98 Å². The van der Waals surface area contributed by atoms with Crippen molar-refractivity contribution in [3.05, 3.63) is 40.2 Å². The van der Waals surface area contributed by atoms with E-state index in [-0.39, 0.29) is 0 Å². The molecular formula is C15H18ClN3O. The van der Waals surface area contributed by atoms with E-state index in [9.17, 15) is 0 Å². The van der Waals surface area contributed by atoms with E-state index in [1.165, 1.54) is 0 Å². The molecule has 0 saturated heterocycles. The second kappa shape index (κ2) is 6.09. The molecule has 0 spiro atoms. The Bertz CT molecular complexity index is 629. The molecule has 106 valence electrons. The molecule has 0 aliphatic heterocycles. The van der Waals surface area contributed by atoms with Crippen LogP contribution in [-0.4, -0.2) is 17.0 Å². The van der Waals surface area contributed by atoms with Gasteiger partial charge >= 0.3 is 0 Å². The normalized spacial score (nSPS) is 10.4. The number of anilines is 1. The highest BCUT2D eigenvalue weighted by atomic mass is 35.5. The number of benzene rings is 1. The molecule has 0 saturated carbocycles. The minimum Gasteiger partial charge on any atom is -0.437 e. The standard InChI is InChI=1S/C15H18ClN3O/c1-5-13-18-14(17-4)10(3)15(19-13)20-12-7-6-9(2)8-11(12)16/h6-8H,5H2,1-4H3,(H,17,18,19). The van der Waals surface area contributed by atoms with Crippen molar-refractivity contribution in [1.82, 2.24) is 9.97 Å². The Morgan fingerprint density at radius 3 is 2.60 bits per heavy atom. The molecule has 1 N–H and O–H groups in total. The first-order valence-electron chi connectivity index (χ1n) is 6.54. The first kappa shape index (κ1) is 14.6. The molecule has 1 aromatic carbocycles. The number of hydrogen-bond donors (Lipinski definition) is 1. The van der Waals surface area contributed by atoms with Gasteiger partial charge in [-0.1, -0.05) is 24.6 Å². The van der Waals surface area contributed by atoms with E-state index < -0.39 is 0 Å². The fourth-order valence-electron chi connectivity index (χ4n) is 1.83. The number of aromatic nitrogens is 2. The van der Waals surface area contributed by atoms with Gasteiger partial charge in [0.15, 0.2) is 0 Å². The van der Waals surface area contributed by atoms with Gasteiger partial charge in [0.2, 0.25) is 5.88 Å². The van der Waals surface area contributed by atoms with Crippen LogP contribution in [0.4, 0.5) is 5.82 Å². The topological polar surface area (TPSA) is 47.0 Å². The van der Waals surface area contributed by atoms with Crippen LogP contribution < -0.4 is 10.1 Å². The van der Waals surface area contributed by atoms with E-state index in [0.717, 1.165) is 29.2 Å². The fraction of sp³-hybridized carbons (Fsp3) is 0.333. The average molecular weight is 292 g/mol. The van der Waals surface area contributed by atoms with Crippen molar-refractivity contribution in [3.63, 3.8) is 0 Å². The summed E-state index contributed by atoms with van der Waals surface area (Å²) in [6, 6.07) is 5.68. The van der Waals surface area contributed by atoms with Crippen LogP contribution in [0.15, 0.2) is 18.2 Å². The number of halogens is 1. The summed E-state index contributed by atoms with van der Waals surface area (Å²) in [5.74, 6) is 2.64. The molecule has 1 aromatic heterocycles. The Labute approximate surface area is 124 Å². The van der Waals surface area contributed by atoms with Crippen LogP contribution in [0.25, 0.3) is 0 Å². The van der Waals surface area contributed by atoms with Gasteiger partial charge in [0.1, 0.15) is 17.4 Å². The fourth-order valence-corrected chi connectivity index (χ4v) is 2.11. The number of hydrogen-bond acceptors (Lipinski definition) is 4. The highest BCUT2D eigenvalue weighted by molar-refractivity contribution is 6.32. The third kappa shape index (κ3) is 3.02. The highest BCUT2D eigenvalue weighted by Gasteiger charge is 2.13. The Balaban J connectivity index is 2.42. The summed E-state index contributed by atoms with van der Waals surface area (Å²) >= 11 is 6.20. The first-order valence-corrected chi connectivity index (χ1v) is 6.92. The van der Waals surface area contributed by atoms with E-state index >= 15 is 0 Å². The molecule has 0 unspecified atom stereocenters. The minimum absolute atomic E-state index is 0.534. The second-order valence-electron chi connectivity index (χ2n) is 4.56. The zero-order chi connectivity index (χ0) is 14.7. The summed E-state index contributed by atoms with van der Waals surface area (Å²) in [6.07, 6.45) is 0.743. The van der Waals surface area contributed by atoms with Gasteiger partial charge in [-0.15, -0.1) is 0 Å². The molecule has 5 heteroatoms. The van der Waals surface area contributed by atoms with Crippen LogP contribution in [0, 0.1) is 13.8 Å². The monoisotopic (exact) mass is 291 g/mol. The molecule has 0 aliphatic rings. The van der Waals surface area contributed by atoms with Crippen LogP contribution in [0.2, 0.25) is 5.02 Å². The van der Waals surface area contributed by atoms with E-state index in [0.29, 0.717) is 16.7 Å². The molecule has 20 heavy (non-hydrogen) atoms. The van der Waals surface area contributed by atoms with E-state index in [2.05, 4.69) is 15.3 Å². The van der Waals surface area contributed by atoms with Crippen LogP contribution in [0.1, 0.15) is 23.9 Å². The van der Waals surface area contributed by atoms with Gasteiger partial charge in [-0.3, -0.25) is 0 Å². The predicted octanol–water partition coefficient (Wildman–Crippen LogP) is 4.14. The summed E-state index contributed by atoms with van der Waals surface area (Å²) in [6.45, 7) is 5.91. The molecule has 0 aliphatic carbocycles. The lowest BCUT2D eigenvalue weighted by Gasteiger charge is -2.13. The molecular weight excluding hydrogens is 274 g/mol. The number of nitrogens with one attached hydrogen (secondary N) is 1. The summed E-state index contributed by atoms with van der Waals surface area (Å²) in [5.41, 5.74) is 1.95. The molecule has 4 nitrogen and oxygen atoms in total. The lowest BCUT2D eigenvalue weighted by molar-refractivity contribution is 0.455. The minimum atomic E-state index is 0.534. The van der Waals surface area contributed by atoms with Gasteiger partial charge in [0.05, 0.1) is 10.6 Å². The maximum absolute atomic E-state index is 6.20. The van der Waals surface area contributed by atoms with Crippen molar-refractivity contribution in [1.29, 1.82) is 0 Å². The number of rotatable bonds is 4. The number of aryl methyl sites for hydroxylation is 2. The number of nitrogens with zero attached hydrogens (tertiary/aromatic N) is 2. The van der Waals surface area contributed by atoms with Crippen LogP contribution >= 0.6 is 11.6 Å². The molecule has 0 fully saturated rings. The summed E-state index contributed by atoms with van der Waals surface area (Å²) in [5, 5.41) is 3.63. The SMILES string of the molecule is CCc1nc(NC)c(C)c(Oc2ccc(C)cc2Cl)n1. The summed E-state index contributed by atoms with van der Waals surface area (Å²) < 4.78 is 5.86. The largest absolute Gasteiger partial charge is 0.437 e. The lowest BCUT2D eigenvalue weighted by atomic mass is 10.2. The smallest absolute Gasteiger partial charge is 0.227 e. The van der Waals surface area contributed by atoms with E-state index in [4.69, 9.17) is 16.3 Å². The van der Waals surface area contributed by atoms with Crippen molar-refractivity contribution in [2.75, 3.05) is 12.4 Å². The Hall–Kier alpha value is -1.81. The highest BCUT2D eigenvalue weighted by Crippen LogP contribution is 2.32. The van der Waals surface area contributed by atoms with Crippen LogP contribution in [0.3, 0.4) is 0 Å². The second-order valence-corrected chi connectivity index (χ2v) is 4.97. The van der Waals surface area contributed by atoms with Gasteiger partial charge < -0.3 is 10.1 Å². The third-order valence-electron chi connectivity index (χ3n) is 2.99. The molecule has 2 aromatic rings. The quantitative estimate of drug-likeness (QED) is 0.919. The van der Waals surface area contributed by atoms with Crippen molar-refractivity contribution in [3.8, 4) is 11.6 Å². The molecule has 0 atom stereocenters. The summed E-state index contributed by atoms with van der Waals surface area (Å²) in [7, 11) is 1.83. The maximum atomic E-state index is 6.20. The maximum Gasteiger partial charge on any atom is 0.227 e. The Morgan fingerprint density at radius 2 is 2.00 bits per heavy atom. The van der Waals surface area contributed by atoms with Crippen molar-refractivity contribution < 1.29 is 4.74 Å². The van der Waals surface area contributed by atoms with E-state index in [1.807, 2.05) is 46.0 Å². The zero-order valence-corrected chi connectivity index (χ0v) is 12.9. The van der Waals surface area contributed by atoms with Crippen LogP contribution in [0.5, 0.6) is 11.6 Å². The van der Waals surface area contributed by atoms with E-state index in [1.54, 1.807) is 0 Å². The predicted molar refractivity (Wildman–Crippen MR) is 82.0 cm³/mol. The molecule has 1 heterocycles. The van der Waals surface area contributed by atoms with Crippen LogP contribution in [-0.2, 0) is 6.42 Å².